The summed E-state index contributed by atoms with van der Waals surface area (Å²) < 4.78 is 11.7. The van der Waals surface area contributed by atoms with Crippen molar-refractivity contribution < 1.29 is 19.4 Å². The van der Waals surface area contributed by atoms with Crippen LogP contribution in [0.25, 0.3) is 0 Å². The van der Waals surface area contributed by atoms with Gasteiger partial charge in [-0.15, -0.1) is 10.1 Å². The molecule has 0 radical (unpaired) electrons. The van der Waals surface area contributed by atoms with Gasteiger partial charge in [0, 0.05) is 18.5 Å². The topological polar surface area (TPSA) is 74.1 Å². The quantitative estimate of drug-likeness (QED) is 0.479. The molecule has 0 unspecified atom stereocenters. The van der Waals surface area contributed by atoms with Gasteiger partial charge in [-0.05, 0) is 31.6 Å². The van der Waals surface area contributed by atoms with Crippen molar-refractivity contribution in [3.63, 3.8) is 0 Å². The number of ether oxygens (including phenoxy) is 2. The lowest BCUT2D eigenvalue weighted by molar-refractivity contribution is -0.766. The summed E-state index contributed by atoms with van der Waals surface area (Å²) in [6.45, 7) is 1.79. The fourth-order valence-electron chi connectivity index (χ4n) is 4.25. The van der Waals surface area contributed by atoms with Crippen LogP contribution in [-0.2, 0) is 16.8 Å². The molecule has 0 bridgehead atoms. The highest BCUT2D eigenvalue weighted by atomic mass is 17.0. The highest BCUT2D eigenvalue weighted by molar-refractivity contribution is 5.60. The summed E-state index contributed by atoms with van der Waals surface area (Å²) in [6.07, 6.45) is 4.49. The molecule has 0 N–H and O–H groups in total. The van der Waals surface area contributed by atoms with E-state index in [0.717, 1.165) is 25.3 Å². The highest BCUT2D eigenvalue weighted by Crippen LogP contribution is 2.55. The second-order valence-electron chi connectivity index (χ2n) is 6.73. The molecular formula is C17H20N2O5. The molecule has 24 heavy (non-hydrogen) atoms. The average molecular weight is 332 g/mol. The van der Waals surface area contributed by atoms with Crippen molar-refractivity contribution in [1.29, 1.82) is 0 Å². The van der Waals surface area contributed by atoms with Gasteiger partial charge in [0.25, 0.3) is 5.09 Å². The maximum Gasteiger partial charge on any atom is 0.295 e. The molecule has 0 amide bonds. The fraction of sp³-hybridized carbons (Fsp3) is 0.529. The summed E-state index contributed by atoms with van der Waals surface area (Å²) in [5, 5.41) is 9.94. The Morgan fingerprint density at radius 1 is 1.46 bits per heavy atom. The Hall–Kier alpha value is -2.28. The zero-order valence-corrected chi connectivity index (χ0v) is 13.7. The van der Waals surface area contributed by atoms with Gasteiger partial charge >= 0.3 is 0 Å². The van der Waals surface area contributed by atoms with E-state index in [0.29, 0.717) is 12.2 Å². The number of rotatable bonds is 3. The zero-order chi connectivity index (χ0) is 16.9. The van der Waals surface area contributed by atoms with Crippen molar-refractivity contribution in [1.82, 2.24) is 4.90 Å². The van der Waals surface area contributed by atoms with Gasteiger partial charge in [0.1, 0.15) is 12.2 Å². The second-order valence-corrected chi connectivity index (χ2v) is 6.73. The molecule has 0 saturated carbocycles. The number of hydrogen-bond donors (Lipinski definition) is 0. The van der Waals surface area contributed by atoms with Crippen LogP contribution in [0.1, 0.15) is 24.0 Å². The van der Waals surface area contributed by atoms with Crippen molar-refractivity contribution in [3.05, 3.63) is 45.5 Å². The van der Waals surface area contributed by atoms with Gasteiger partial charge in [-0.1, -0.05) is 18.2 Å². The SMILES string of the molecule is COc1ccc2c3c1O[C@H]1C[C@@H](O[N+](=O)[O-])C=C[C@@]31CCN(C)C2. The van der Waals surface area contributed by atoms with Crippen molar-refractivity contribution in [2.24, 2.45) is 0 Å². The Bertz CT molecular complexity index is 719. The van der Waals surface area contributed by atoms with Crippen molar-refractivity contribution >= 4 is 0 Å². The maximum atomic E-state index is 10.7. The molecule has 0 saturated heterocycles. The Balaban J connectivity index is 1.82. The molecule has 3 atom stereocenters. The first kappa shape index (κ1) is 15.3. The molecule has 1 aromatic carbocycles. The van der Waals surface area contributed by atoms with Crippen molar-refractivity contribution in [2.75, 3.05) is 20.7 Å². The van der Waals surface area contributed by atoms with E-state index < -0.39 is 11.2 Å². The lowest BCUT2D eigenvalue weighted by atomic mass is 9.69. The van der Waals surface area contributed by atoms with Crippen LogP contribution in [0.15, 0.2) is 24.3 Å². The molecule has 0 aromatic heterocycles. The lowest BCUT2D eigenvalue weighted by Crippen LogP contribution is -2.43. The molecule has 2 aliphatic heterocycles. The van der Waals surface area contributed by atoms with Crippen molar-refractivity contribution in [3.8, 4) is 11.5 Å². The Morgan fingerprint density at radius 3 is 3.04 bits per heavy atom. The third kappa shape index (κ3) is 2.15. The molecule has 2 heterocycles. The van der Waals surface area contributed by atoms with Crippen molar-refractivity contribution in [2.45, 2.75) is 37.0 Å². The number of methoxy groups -OCH3 is 1. The minimum atomic E-state index is -0.734. The maximum absolute atomic E-state index is 10.7. The van der Waals surface area contributed by atoms with Gasteiger partial charge in [-0.2, -0.15) is 0 Å². The predicted molar refractivity (Wildman–Crippen MR) is 85.7 cm³/mol. The first-order valence-electron chi connectivity index (χ1n) is 8.09. The van der Waals surface area contributed by atoms with E-state index in [4.69, 9.17) is 14.3 Å². The fourth-order valence-corrected chi connectivity index (χ4v) is 4.25. The van der Waals surface area contributed by atoms with Gasteiger partial charge in [-0.25, -0.2) is 0 Å². The van der Waals surface area contributed by atoms with E-state index in [2.05, 4.69) is 24.1 Å². The van der Waals surface area contributed by atoms with Crippen LogP contribution in [0, 0.1) is 10.1 Å². The molecule has 1 spiro atoms. The third-order valence-electron chi connectivity index (χ3n) is 5.35. The lowest BCUT2D eigenvalue weighted by Gasteiger charge is -2.36. The van der Waals surface area contributed by atoms with Gasteiger partial charge in [-0.3, -0.25) is 0 Å². The van der Waals surface area contributed by atoms with Gasteiger partial charge in [0.05, 0.1) is 12.5 Å². The van der Waals surface area contributed by atoms with E-state index in [9.17, 15) is 10.1 Å². The van der Waals surface area contributed by atoms with Gasteiger partial charge < -0.3 is 19.2 Å². The monoisotopic (exact) mass is 332 g/mol. The summed E-state index contributed by atoms with van der Waals surface area (Å²) in [4.78, 5) is 17.7. The highest BCUT2D eigenvalue weighted by Gasteiger charge is 2.53. The molecule has 1 aromatic rings. The molecule has 3 aliphatic rings. The largest absolute Gasteiger partial charge is 0.493 e. The molecular weight excluding hydrogens is 312 g/mol. The molecule has 7 nitrogen and oxygen atoms in total. The predicted octanol–water partition coefficient (Wildman–Crippen LogP) is 2.07. The van der Waals surface area contributed by atoms with E-state index in [-0.39, 0.29) is 11.5 Å². The summed E-state index contributed by atoms with van der Waals surface area (Å²) in [5.74, 6) is 1.49. The number of nitrogens with zero attached hydrogens (tertiary/aromatic N) is 2. The smallest absolute Gasteiger partial charge is 0.295 e. The molecule has 128 valence electrons. The van der Waals surface area contributed by atoms with E-state index in [1.54, 1.807) is 7.11 Å². The molecule has 7 heteroatoms. The van der Waals surface area contributed by atoms with Crippen LogP contribution in [-0.4, -0.2) is 42.9 Å². The Morgan fingerprint density at radius 2 is 2.29 bits per heavy atom. The first-order valence-corrected chi connectivity index (χ1v) is 8.09. The third-order valence-corrected chi connectivity index (χ3v) is 5.35. The second kappa shape index (κ2) is 5.37. The normalized spacial score (nSPS) is 30.8. The van der Waals surface area contributed by atoms with Crippen LogP contribution < -0.4 is 9.47 Å². The first-order chi connectivity index (χ1) is 11.5. The summed E-state index contributed by atoms with van der Waals surface area (Å²) in [7, 11) is 3.74. The standard InChI is InChI=1S/C17H20N2O5/c1-18-8-7-17-6-5-12(24-19(20)21)9-14(17)23-16-13(22-2)4-3-11(10-18)15(16)17/h3-6,12,14H,7-10H2,1-2H3/t12-,14-,17-/m0/s1. The van der Waals surface area contributed by atoms with Gasteiger partial charge in [0.2, 0.25) is 0 Å². The van der Waals surface area contributed by atoms with Gasteiger partial charge in [0.15, 0.2) is 11.5 Å². The van der Waals surface area contributed by atoms with Crippen LogP contribution in [0.2, 0.25) is 0 Å². The molecule has 4 rings (SSSR count). The molecule has 1 aliphatic carbocycles. The van der Waals surface area contributed by atoms with Crippen LogP contribution in [0.5, 0.6) is 11.5 Å². The molecule has 0 fully saturated rings. The summed E-state index contributed by atoms with van der Waals surface area (Å²) in [5.41, 5.74) is 2.14. The van der Waals surface area contributed by atoms with E-state index in [1.165, 1.54) is 11.1 Å². The Kier molecular flexibility index (Phi) is 3.42. The minimum absolute atomic E-state index is 0.177. The number of hydrogen-bond acceptors (Lipinski definition) is 6. The average Bonchev–Trinajstić information content (AvgIpc) is 2.80. The van der Waals surface area contributed by atoms with E-state index in [1.807, 2.05) is 12.1 Å². The zero-order valence-electron chi connectivity index (χ0n) is 13.7. The van der Waals surface area contributed by atoms with Crippen LogP contribution in [0.3, 0.4) is 0 Å². The minimum Gasteiger partial charge on any atom is -0.493 e. The van der Waals surface area contributed by atoms with Crippen LogP contribution >= 0.6 is 0 Å². The summed E-state index contributed by atoms with van der Waals surface area (Å²) in [6, 6.07) is 4.04. The number of benzene rings is 1. The van der Waals surface area contributed by atoms with Crippen LogP contribution in [0.4, 0.5) is 0 Å². The van der Waals surface area contributed by atoms with E-state index >= 15 is 0 Å². The summed E-state index contributed by atoms with van der Waals surface area (Å²) >= 11 is 0. The Labute approximate surface area is 139 Å².